The zero-order valence-corrected chi connectivity index (χ0v) is 21.3. The van der Waals surface area contributed by atoms with E-state index in [0.717, 1.165) is 6.92 Å². The standard InChI is InChI=1S/C22H39NO16/c1-3-36-19-21(23-8(2)27,16(32)13(29)10(5-25)38-19)18-14(30)17(33)22(35,11(6-26)39-18)20(34)7-37-9(4-24)12(28)15(20)31/h9-19,24-26,28-35H,3-7H2,1-2H3,(H,23,27)/t9-,10-,11-,12+,13-,14-,15+,16+,17-,18-,19+,20-,21+,22+/m1/s1. The normalized spacial score (nSPS) is 50.9. The quantitative estimate of drug-likeness (QED) is 0.128. The van der Waals surface area contributed by atoms with E-state index < -0.39 is 116 Å². The summed E-state index contributed by atoms with van der Waals surface area (Å²) in [5.74, 6) is -0.864. The average molecular weight is 574 g/mol. The van der Waals surface area contributed by atoms with E-state index in [1.165, 1.54) is 6.92 Å². The lowest BCUT2D eigenvalue weighted by Crippen LogP contribution is -2.87. The van der Waals surface area contributed by atoms with Crippen LogP contribution in [0, 0.1) is 0 Å². The molecule has 0 saturated carbocycles. The summed E-state index contributed by atoms with van der Waals surface area (Å²) in [7, 11) is 0. The van der Waals surface area contributed by atoms with Crippen LogP contribution in [-0.2, 0) is 23.7 Å². The van der Waals surface area contributed by atoms with Gasteiger partial charge in [-0.2, -0.15) is 0 Å². The van der Waals surface area contributed by atoms with Gasteiger partial charge in [-0.3, -0.25) is 4.79 Å². The Balaban J connectivity index is 2.12. The molecule has 3 rings (SSSR count). The lowest BCUT2D eigenvalue weighted by Gasteiger charge is -2.62. The van der Waals surface area contributed by atoms with Crippen molar-refractivity contribution in [2.75, 3.05) is 33.0 Å². The molecular formula is C22H39NO16. The van der Waals surface area contributed by atoms with E-state index >= 15 is 0 Å². The largest absolute Gasteiger partial charge is 0.394 e. The van der Waals surface area contributed by atoms with Crippen LogP contribution in [0.5, 0.6) is 0 Å². The number of aliphatic hydroxyl groups excluding tert-OH is 9. The lowest BCUT2D eigenvalue weighted by atomic mass is 9.64. The first kappa shape index (κ1) is 32.4. The zero-order chi connectivity index (χ0) is 29.5. The summed E-state index contributed by atoms with van der Waals surface area (Å²) in [5.41, 5.74) is -8.64. The monoisotopic (exact) mass is 573 g/mol. The second-order valence-electron chi connectivity index (χ2n) is 10.1. The van der Waals surface area contributed by atoms with Gasteiger partial charge in [-0.1, -0.05) is 0 Å². The molecule has 1 amide bonds. The molecule has 228 valence electrons. The summed E-state index contributed by atoms with van der Waals surface area (Å²) >= 11 is 0. The van der Waals surface area contributed by atoms with Crippen LogP contribution >= 0.6 is 0 Å². The average Bonchev–Trinajstić information content (AvgIpc) is 2.90. The van der Waals surface area contributed by atoms with Crippen molar-refractivity contribution in [1.82, 2.24) is 5.32 Å². The third-order valence-electron chi connectivity index (χ3n) is 7.88. The molecule has 14 atom stereocenters. The van der Waals surface area contributed by atoms with Gasteiger partial charge in [0.1, 0.15) is 66.6 Å². The van der Waals surface area contributed by atoms with E-state index in [4.69, 9.17) is 18.9 Å². The minimum absolute atomic E-state index is 0.126. The Morgan fingerprint density at radius 1 is 0.872 bits per heavy atom. The van der Waals surface area contributed by atoms with Gasteiger partial charge in [0.15, 0.2) is 17.5 Å². The molecular weight excluding hydrogens is 534 g/mol. The van der Waals surface area contributed by atoms with Crippen molar-refractivity contribution in [3.05, 3.63) is 0 Å². The van der Waals surface area contributed by atoms with Gasteiger partial charge in [0.05, 0.1) is 26.4 Å². The molecule has 3 heterocycles. The first-order valence-electron chi connectivity index (χ1n) is 12.4. The highest BCUT2D eigenvalue weighted by atomic mass is 16.7. The van der Waals surface area contributed by atoms with Crippen molar-refractivity contribution in [3.8, 4) is 0 Å². The molecule has 17 heteroatoms. The summed E-state index contributed by atoms with van der Waals surface area (Å²) in [5, 5.41) is 120. The summed E-state index contributed by atoms with van der Waals surface area (Å²) < 4.78 is 21.9. The molecule has 3 fully saturated rings. The van der Waals surface area contributed by atoms with Crippen LogP contribution in [0.15, 0.2) is 0 Å². The summed E-state index contributed by atoms with van der Waals surface area (Å²) in [6, 6.07) is 0. The first-order chi connectivity index (χ1) is 18.2. The highest BCUT2D eigenvalue weighted by Crippen LogP contribution is 2.47. The molecule has 0 bridgehead atoms. The predicted molar refractivity (Wildman–Crippen MR) is 122 cm³/mol. The molecule has 3 aliphatic rings. The van der Waals surface area contributed by atoms with Crippen LogP contribution < -0.4 is 5.32 Å². The van der Waals surface area contributed by atoms with Crippen LogP contribution in [0.3, 0.4) is 0 Å². The van der Waals surface area contributed by atoms with Gasteiger partial charge in [0.25, 0.3) is 0 Å². The van der Waals surface area contributed by atoms with E-state index in [0.29, 0.717) is 0 Å². The van der Waals surface area contributed by atoms with Crippen LogP contribution in [0.1, 0.15) is 13.8 Å². The van der Waals surface area contributed by atoms with E-state index in [-0.39, 0.29) is 6.61 Å². The Bertz CT molecular complexity index is 849. The van der Waals surface area contributed by atoms with Crippen LogP contribution in [0.2, 0.25) is 0 Å². The maximum Gasteiger partial charge on any atom is 0.217 e. The van der Waals surface area contributed by atoms with Crippen molar-refractivity contribution in [3.63, 3.8) is 0 Å². The highest BCUT2D eigenvalue weighted by Gasteiger charge is 2.74. The van der Waals surface area contributed by atoms with Crippen LogP contribution in [-0.4, -0.2) is 179 Å². The third kappa shape index (κ3) is 4.88. The second-order valence-corrected chi connectivity index (χ2v) is 10.1. The maximum atomic E-state index is 12.3. The number of aliphatic hydroxyl groups is 11. The Labute approximate surface area is 222 Å². The molecule has 0 unspecified atom stereocenters. The first-order valence-corrected chi connectivity index (χ1v) is 12.4. The van der Waals surface area contributed by atoms with Crippen molar-refractivity contribution in [2.45, 2.75) is 97.9 Å². The molecule has 0 radical (unpaired) electrons. The number of nitrogens with one attached hydrogen (secondary N) is 1. The molecule has 3 aliphatic heterocycles. The highest BCUT2D eigenvalue weighted by molar-refractivity contribution is 5.74. The summed E-state index contributed by atoms with van der Waals surface area (Å²) in [6.07, 6.45) is -22.0. The van der Waals surface area contributed by atoms with Gasteiger partial charge < -0.3 is 80.4 Å². The fourth-order valence-corrected chi connectivity index (χ4v) is 5.77. The second kappa shape index (κ2) is 12.0. The SMILES string of the molecule is CCO[C@H]1O[C@H](CO)[C@@H](O)[C@H](O)[C@]1(NC(C)=O)[C@@H]1O[C@H](CO)[C@@](O)([C@@]2(O)CO[C@H](CO)[C@H](O)[C@@H]2O)[C@H](O)[C@H]1O. The minimum atomic E-state index is -3.18. The van der Waals surface area contributed by atoms with Crippen LogP contribution in [0.25, 0.3) is 0 Å². The Morgan fingerprint density at radius 2 is 1.46 bits per heavy atom. The molecule has 12 N–H and O–H groups in total. The number of amides is 1. The topological polar surface area (TPSA) is 289 Å². The molecule has 0 aromatic carbocycles. The number of carbonyl (C=O) groups is 1. The Kier molecular flexibility index (Phi) is 9.97. The molecule has 17 nitrogen and oxygen atoms in total. The third-order valence-corrected chi connectivity index (χ3v) is 7.88. The van der Waals surface area contributed by atoms with Gasteiger partial charge in [-0.05, 0) is 6.92 Å². The summed E-state index contributed by atoms with van der Waals surface area (Å²) in [4.78, 5) is 12.3. The molecule has 3 saturated heterocycles. The smallest absolute Gasteiger partial charge is 0.217 e. The van der Waals surface area contributed by atoms with Crippen LogP contribution in [0.4, 0.5) is 0 Å². The van der Waals surface area contributed by atoms with Gasteiger partial charge in [-0.25, -0.2) is 0 Å². The van der Waals surface area contributed by atoms with Crippen molar-refractivity contribution in [1.29, 1.82) is 0 Å². The van der Waals surface area contributed by atoms with Crippen molar-refractivity contribution < 1.29 is 79.9 Å². The van der Waals surface area contributed by atoms with Gasteiger partial charge in [-0.15, -0.1) is 0 Å². The summed E-state index contributed by atoms with van der Waals surface area (Å²) in [6.45, 7) is -1.42. The number of hydrogen-bond acceptors (Lipinski definition) is 16. The number of ether oxygens (including phenoxy) is 4. The number of hydrogen-bond donors (Lipinski definition) is 12. The van der Waals surface area contributed by atoms with E-state index in [1.54, 1.807) is 0 Å². The van der Waals surface area contributed by atoms with Gasteiger partial charge in [0.2, 0.25) is 5.91 Å². The number of carbonyl (C=O) groups excluding carboxylic acids is 1. The number of rotatable bonds is 8. The minimum Gasteiger partial charge on any atom is -0.394 e. The van der Waals surface area contributed by atoms with E-state index in [9.17, 15) is 61.0 Å². The molecule has 0 spiro atoms. The molecule has 0 aromatic heterocycles. The Hall–Kier alpha value is -1.13. The van der Waals surface area contributed by atoms with E-state index in [1.807, 2.05) is 0 Å². The predicted octanol–water partition coefficient (Wildman–Crippen LogP) is -7.61. The molecule has 0 aliphatic carbocycles. The van der Waals surface area contributed by atoms with Crippen molar-refractivity contribution in [2.24, 2.45) is 0 Å². The fraction of sp³-hybridized carbons (Fsp3) is 0.955. The maximum absolute atomic E-state index is 12.3. The zero-order valence-electron chi connectivity index (χ0n) is 21.3. The van der Waals surface area contributed by atoms with Crippen molar-refractivity contribution >= 4 is 5.91 Å². The molecule has 39 heavy (non-hydrogen) atoms. The van der Waals surface area contributed by atoms with Gasteiger partial charge in [0, 0.05) is 13.5 Å². The fourth-order valence-electron chi connectivity index (χ4n) is 5.77. The lowest BCUT2D eigenvalue weighted by molar-refractivity contribution is -0.391. The van der Waals surface area contributed by atoms with E-state index in [2.05, 4.69) is 5.32 Å². The molecule has 0 aromatic rings. The van der Waals surface area contributed by atoms with Gasteiger partial charge >= 0.3 is 0 Å². The Morgan fingerprint density at radius 3 is 1.97 bits per heavy atom.